The zero-order valence-corrected chi connectivity index (χ0v) is 26.5. The van der Waals surface area contributed by atoms with Gasteiger partial charge in [-0.1, -0.05) is 34.6 Å². The minimum absolute atomic E-state index is 0.0316. The topological polar surface area (TPSA) is 125 Å². The first-order valence-electron chi connectivity index (χ1n) is 12.1. The molecule has 2 aromatic rings. The van der Waals surface area contributed by atoms with E-state index in [1.165, 1.54) is 18.9 Å². The highest BCUT2D eigenvalue weighted by molar-refractivity contribution is 8.01. The molecule has 3 heterocycles. The highest BCUT2D eigenvalue weighted by Gasteiger charge is 2.55. The molecule has 0 radical (unpaired) electrons. The van der Waals surface area contributed by atoms with Crippen LogP contribution in [0.3, 0.4) is 0 Å². The fourth-order valence-electron chi connectivity index (χ4n) is 4.11. The molecule has 0 amide bonds. The summed E-state index contributed by atoms with van der Waals surface area (Å²) < 4.78 is 14.2. The number of hydrogen-bond acceptors (Lipinski definition) is 9. The van der Waals surface area contributed by atoms with Gasteiger partial charge in [-0.2, -0.15) is 9.97 Å². The van der Waals surface area contributed by atoms with E-state index < -0.39 is 28.0 Å². The molecule has 1 aliphatic heterocycles. The van der Waals surface area contributed by atoms with E-state index in [4.69, 9.17) is 26.5 Å². The van der Waals surface area contributed by atoms with E-state index in [-0.39, 0.29) is 38.4 Å². The van der Waals surface area contributed by atoms with Crippen molar-refractivity contribution in [1.82, 2.24) is 19.5 Å². The molecular formula is C23H40ClN5O4SSi2. The van der Waals surface area contributed by atoms with Crippen LogP contribution in [0.2, 0.25) is 41.5 Å². The Labute approximate surface area is 225 Å². The Morgan fingerprint density at radius 1 is 1.22 bits per heavy atom. The quantitative estimate of drug-likeness (QED) is 0.260. The van der Waals surface area contributed by atoms with Gasteiger partial charge in [0.2, 0.25) is 5.28 Å². The average Bonchev–Trinajstić information content (AvgIpc) is 3.27. The van der Waals surface area contributed by atoms with Gasteiger partial charge in [0.1, 0.15) is 10.8 Å². The third-order valence-electron chi connectivity index (χ3n) is 8.14. The molecule has 0 saturated carbocycles. The monoisotopic (exact) mass is 573 g/mol. The summed E-state index contributed by atoms with van der Waals surface area (Å²) in [6.07, 6.45) is 1.89. The first-order chi connectivity index (χ1) is 16.3. The smallest absolute Gasteiger partial charge is 0.321 e. The molecule has 3 rings (SSSR count). The van der Waals surface area contributed by atoms with Crippen LogP contribution in [-0.4, -0.2) is 65.4 Å². The lowest BCUT2D eigenvalue weighted by atomic mass is 9.89. The van der Waals surface area contributed by atoms with Crippen LogP contribution in [0, 0.1) is 5.92 Å². The Morgan fingerprint density at radius 3 is 2.36 bits per heavy atom. The number of carbonyl (C=O) groups excluding carboxylic acids is 1. The zero-order valence-electron chi connectivity index (χ0n) is 22.9. The molecule has 9 nitrogen and oxygen atoms in total. The third kappa shape index (κ3) is 5.48. The van der Waals surface area contributed by atoms with Gasteiger partial charge in [0.25, 0.3) is 0 Å². The van der Waals surface area contributed by atoms with Crippen LogP contribution < -0.4 is 5.73 Å². The largest absolute Gasteiger partial charge is 0.468 e. The summed E-state index contributed by atoms with van der Waals surface area (Å²) in [4.78, 5) is 37.2. The normalized spacial score (nSPS) is 23.9. The second kappa shape index (κ2) is 9.84. The van der Waals surface area contributed by atoms with Crippen LogP contribution in [0.4, 0.5) is 5.82 Å². The lowest BCUT2D eigenvalue weighted by Gasteiger charge is -2.43. The van der Waals surface area contributed by atoms with E-state index in [1.807, 2.05) is 17.7 Å². The number of anilines is 1. The Balaban J connectivity index is 2.20. The van der Waals surface area contributed by atoms with Crippen molar-refractivity contribution >= 4 is 62.9 Å². The number of nitrogens with zero attached hydrogens (tertiary/aromatic N) is 4. The second-order valence-electron chi connectivity index (χ2n) is 12.3. The molecule has 4 unspecified atom stereocenters. The van der Waals surface area contributed by atoms with E-state index >= 15 is 0 Å². The molecule has 0 spiro atoms. The number of ether oxygens (including phenoxy) is 1. The van der Waals surface area contributed by atoms with Crippen molar-refractivity contribution in [2.24, 2.45) is 5.92 Å². The van der Waals surface area contributed by atoms with Crippen molar-refractivity contribution in [3.63, 3.8) is 0 Å². The Morgan fingerprint density at radius 2 is 1.83 bits per heavy atom. The van der Waals surface area contributed by atoms with Gasteiger partial charge in [-0.15, -0.1) is 11.8 Å². The molecule has 0 aliphatic carbocycles. The van der Waals surface area contributed by atoms with Crippen LogP contribution in [0.1, 0.15) is 46.4 Å². The van der Waals surface area contributed by atoms with Crippen LogP contribution in [0.5, 0.6) is 0 Å². The van der Waals surface area contributed by atoms with Gasteiger partial charge in [-0.05, 0) is 54.3 Å². The number of halogens is 1. The van der Waals surface area contributed by atoms with Crippen LogP contribution in [-0.2, 0) is 14.0 Å². The minimum atomic E-state index is -2.58. The van der Waals surface area contributed by atoms with Crippen LogP contribution in [0.25, 0.3) is 11.2 Å². The standard InChI is InChI=1S/C23H40ClN5O4SSi2/c1-22(2,3)36(9,10)33-15-13(11-23(4,5)35(7,8)31)19(34-16(15)20(30)32-6)29-12-26-14-17(25)27-21(24)28-18(14)29/h12-13,15-16,19,31H,11H2,1-10H3,(H2,25,27,28). The van der Waals surface area contributed by atoms with Crippen molar-refractivity contribution < 1.29 is 18.8 Å². The van der Waals surface area contributed by atoms with Gasteiger partial charge in [0.15, 0.2) is 28.1 Å². The molecule has 1 saturated heterocycles. The lowest BCUT2D eigenvalue weighted by molar-refractivity contribution is -0.142. The van der Waals surface area contributed by atoms with Gasteiger partial charge >= 0.3 is 5.97 Å². The molecule has 202 valence electrons. The maximum Gasteiger partial charge on any atom is 0.321 e. The number of rotatable bonds is 7. The number of aromatic nitrogens is 4. The Kier molecular flexibility index (Phi) is 8.03. The highest BCUT2D eigenvalue weighted by atomic mass is 35.5. The van der Waals surface area contributed by atoms with Gasteiger partial charge in [-0.25, -0.2) is 4.98 Å². The van der Waals surface area contributed by atoms with E-state index in [0.717, 1.165) is 0 Å². The molecule has 3 N–H and O–H groups in total. The summed E-state index contributed by atoms with van der Waals surface area (Å²) in [5.41, 5.74) is 7.04. The van der Waals surface area contributed by atoms with Crippen molar-refractivity contribution in [3.05, 3.63) is 11.6 Å². The number of fused-ring (bicyclic) bond motifs is 1. The minimum Gasteiger partial charge on any atom is -0.468 e. The Bertz CT molecular complexity index is 1130. The summed E-state index contributed by atoms with van der Waals surface area (Å²) in [6, 6.07) is 0. The molecule has 36 heavy (non-hydrogen) atoms. The van der Waals surface area contributed by atoms with Gasteiger partial charge in [0, 0.05) is 5.92 Å². The number of carbonyl (C=O) groups is 1. The van der Waals surface area contributed by atoms with Gasteiger partial charge in [-0.3, -0.25) is 4.79 Å². The average molecular weight is 574 g/mol. The molecule has 1 aliphatic rings. The summed E-state index contributed by atoms with van der Waals surface area (Å²) in [5, 5.41) is -1.21. The summed E-state index contributed by atoms with van der Waals surface area (Å²) in [5.74, 6) is -0.272. The number of nitrogens with two attached hydrogens (primary N) is 1. The van der Waals surface area contributed by atoms with E-state index in [2.05, 4.69) is 62.7 Å². The van der Waals surface area contributed by atoms with Crippen molar-refractivity contribution in [2.75, 3.05) is 12.8 Å². The van der Waals surface area contributed by atoms with E-state index in [0.29, 0.717) is 17.6 Å². The second-order valence-corrected chi connectivity index (χ2v) is 23.2. The van der Waals surface area contributed by atoms with E-state index in [9.17, 15) is 9.59 Å². The van der Waals surface area contributed by atoms with Crippen molar-refractivity contribution in [1.29, 1.82) is 0 Å². The molecule has 0 aromatic carbocycles. The fraction of sp³-hybridized carbons (Fsp3) is 0.739. The summed E-state index contributed by atoms with van der Waals surface area (Å²) in [6.45, 7) is 19.0. The van der Waals surface area contributed by atoms with Crippen LogP contribution in [0.15, 0.2) is 6.33 Å². The lowest BCUT2D eigenvalue weighted by Crippen LogP contribution is -2.50. The maximum atomic E-state index is 13.1. The number of imidazole rings is 1. The first-order valence-corrected chi connectivity index (χ1v) is 19.3. The number of esters is 1. The van der Waals surface area contributed by atoms with E-state index in [1.54, 1.807) is 6.33 Å². The highest BCUT2D eigenvalue weighted by Crippen LogP contribution is 2.56. The molecule has 1 fully saturated rings. The molecule has 0 bridgehead atoms. The molecule has 13 heteroatoms. The first kappa shape index (κ1) is 29.4. The predicted molar refractivity (Wildman–Crippen MR) is 151 cm³/mol. The number of thioether (sulfide) groups is 1. The van der Waals surface area contributed by atoms with Crippen molar-refractivity contribution in [2.45, 2.75) is 94.0 Å². The number of hydrogen-bond donors (Lipinski definition) is 2. The van der Waals surface area contributed by atoms with Crippen LogP contribution >= 0.6 is 23.4 Å². The van der Waals surface area contributed by atoms with Gasteiger partial charge in [0.05, 0.1) is 24.9 Å². The predicted octanol–water partition coefficient (Wildman–Crippen LogP) is 5.22. The molecular weight excluding hydrogens is 534 g/mol. The summed E-state index contributed by atoms with van der Waals surface area (Å²) >= 11 is 7.64. The summed E-state index contributed by atoms with van der Waals surface area (Å²) in [7, 11) is -3.46. The molecule has 2 aromatic heterocycles. The van der Waals surface area contributed by atoms with Gasteiger partial charge < -0.3 is 24.3 Å². The number of nitrogen functional groups attached to an aromatic ring is 1. The van der Waals surface area contributed by atoms with Crippen molar-refractivity contribution in [3.8, 4) is 0 Å². The maximum absolute atomic E-state index is 13.1. The third-order valence-corrected chi connectivity index (χ3v) is 17.9. The SMILES string of the molecule is COC(=O)C1SC(n2cnc3c(N)nc(Cl)nc32)C(CC(C)(C)[Si](C)(C)O)C1O[Si](C)(C)C(C)(C)C. The zero-order chi connectivity index (χ0) is 27.4. The Hall–Kier alpha value is -1.19. The fourth-order valence-corrected chi connectivity index (χ4v) is 8.12. The molecule has 4 atom stereocenters. The number of methoxy groups -OCH3 is 1.